The average Bonchev–Trinajstić information content (AvgIpc) is 2.84. The maximum absolute atomic E-state index is 5.51. The third-order valence-electron chi connectivity index (χ3n) is 4.72. The standard InChI is InChI=1S/C23H33N3O6/c1-8-24-23(25-13-15-9-20(30-5)22(32-7)21(10-15)31-6)26-14-16-11-18(28-3)19(29-4)12-17(16)27-2/h9-12H,8,13-14H2,1-7H3,(H2,24,25,26). The molecule has 2 aromatic carbocycles. The van der Waals surface area contributed by atoms with E-state index in [1.54, 1.807) is 48.7 Å². The molecule has 2 N–H and O–H groups in total. The van der Waals surface area contributed by atoms with E-state index in [9.17, 15) is 0 Å². The first-order valence-corrected chi connectivity index (χ1v) is 10.1. The molecule has 0 aromatic heterocycles. The Morgan fingerprint density at radius 2 is 1.25 bits per heavy atom. The van der Waals surface area contributed by atoms with Crippen LogP contribution in [-0.2, 0) is 13.1 Å². The fourth-order valence-electron chi connectivity index (χ4n) is 3.15. The number of aliphatic imine (C=N–C) groups is 1. The van der Waals surface area contributed by atoms with Crippen molar-refractivity contribution in [2.75, 3.05) is 49.2 Å². The quantitative estimate of drug-likeness (QED) is 0.401. The summed E-state index contributed by atoms with van der Waals surface area (Å²) in [5.74, 6) is 4.30. The van der Waals surface area contributed by atoms with Gasteiger partial charge in [-0.1, -0.05) is 0 Å². The van der Waals surface area contributed by atoms with Crippen molar-refractivity contribution in [1.29, 1.82) is 0 Å². The van der Waals surface area contributed by atoms with E-state index in [4.69, 9.17) is 28.4 Å². The van der Waals surface area contributed by atoms with Crippen molar-refractivity contribution in [3.05, 3.63) is 35.4 Å². The molecular formula is C23H33N3O6. The van der Waals surface area contributed by atoms with Gasteiger partial charge in [-0.25, -0.2) is 4.99 Å². The van der Waals surface area contributed by atoms with Crippen LogP contribution in [-0.4, -0.2) is 55.2 Å². The molecule has 0 spiro atoms. The van der Waals surface area contributed by atoms with E-state index < -0.39 is 0 Å². The largest absolute Gasteiger partial charge is 0.496 e. The molecule has 2 rings (SSSR count). The first kappa shape index (κ1) is 24.8. The number of methoxy groups -OCH3 is 6. The van der Waals surface area contributed by atoms with Gasteiger partial charge in [-0.3, -0.25) is 0 Å². The van der Waals surface area contributed by atoms with Crippen LogP contribution in [0.25, 0.3) is 0 Å². The third kappa shape index (κ3) is 6.03. The van der Waals surface area contributed by atoms with E-state index in [0.29, 0.717) is 60.1 Å². The fourth-order valence-corrected chi connectivity index (χ4v) is 3.15. The number of nitrogens with zero attached hydrogens (tertiary/aromatic N) is 1. The lowest BCUT2D eigenvalue weighted by atomic mass is 10.1. The maximum atomic E-state index is 5.51. The summed E-state index contributed by atoms with van der Waals surface area (Å²) >= 11 is 0. The van der Waals surface area contributed by atoms with Crippen LogP contribution in [0.4, 0.5) is 0 Å². The van der Waals surface area contributed by atoms with Gasteiger partial charge >= 0.3 is 0 Å². The minimum atomic E-state index is 0.412. The Morgan fingerprint density at radius 3 is 1.75 bits per heavy atom. The monoisotopic (exact) mass is 447 g/mol. The summed E-state index contributed by atoms with van der Waals surface area (Å²) in [6, 6.07) is 7.45. The Kier molecular flexibility index (Phi) is 9.59. The lowest BCUT2D eigenvalue weighted by molar-refractivity contribution is 0.324. The van der Waals surface area contributed by atoms with Crippen molar-refractivity contribution < 1.29 is 28.4 Å². The molecule has 0 bridgehead atoms. The minimum Gasteiger partial charge on any atom is -0.496 e. The summed E-state index contributed by atoms with van der Waals surface area (Å²) in [6.07, 6.45) is 0. The molecule has 0 saturated heterocycles. The van der Waals surface area contributed by atoms with Gasteiger partial charge in [0.25, 0.3) is 0 Å². The topological polar surface area (TPSA) is 91.8 Å². The molecule has 0 atom stereocenters. The van der Waals surface area contributed by atoms with Crippen LogP contribution in [0.3, 0.4) is 0 Å². The van der Waals surface area contributed by atoms with Gasteiger partial charge in [-0.15, -0.1) is 0 Å². The second-order valence-corrected chi connectivity index (χ2v) is 6.60. The molecule has 0 saturated carbocycles. The molecule has 9 heteroatoms. The van der Waals surface area contributed by atoms with Gasteiger partial charge in [0.2, 0.25) is 5.75 Å². The highest BCUT2D eigenvalue weighted by Gasteiger charge is 2.14. The van der Waals surface area contributed by atoms with Crippen LogP contribution in [0.2, 0.25) is 0 Å². The second-order valence-electron chi connectivity index (χ2n) is 6.60. The van der Waals surface area contributed by atoms with Crippen LogP contribution in [0.1, 0.15) is 18.1 Å². The number of hydrogen-bond acceptors (Lipinski definition) is 7. The van der Waals surface area contributed by atoms with E-state index in [-0.39, 0.29) is 0 Å². The smallest absolute Gasteiger partial charge is 0.203 e. The van der Waals surface area contributed by atoms with Crippen molar-refractivity contribution in [3.63, 3.8) is 0 Å². The van der Waals surface area contributed by atoms with Crippen LogP contribution in [0, 0.1) is 0 Å². The molecule has 32 heavy (non-hydrogen) atoms. The molecule has 0 fully saturated rings. The molecule has 2 aromatic rings. The maximum Gasteiger partial charge on any atom is 0.203 e. The average molecular weight is 448 g/mol. The van der Waals surface area contributed by atoms with Crippen LogP contribution < -0.4 is 39.1 Å². The van der Waals surface area contributed by atoms with Gasteiger partial charge < -0.3 is 39.1 Å². The zero-order valence-electron chi connectivity index (χ0n) is 19.8. The number of ether oxygens (including phenoxy) is 6. The Morgan fingerprint density at radius 1 is 0.688 bits per heavy atom. The summed E-state index contributed by atoms with van der Waals surface area (Å²) in [7, 11) is 9.57. The zero-order valence-corrected chi connectivity index (χ0v) is 19.8. The lowest BCUT2D eigenvalue weighted by Gasteiger charge is -2.16. The molecule has 0 aliphatic heterocycles. The Bertz CT molecular complexity index is 892. The molecule has 176 valence electrons. The Hall–Kier alpha value is -3.49. The SMILES string of the molecule is CCNC(=NCc1cc(OC)c(OC)c(OC)c1)NCc1cc(OC)c(OC)cc1OC. The van der Waals surface area contributed by atoms with Gasteiger partial charge in [-0.05, 0) is 30.7 Å². The van der Waals surface area contributed by atoms with Crippen LogP contribution >= 0.6 is 0 Å². The van der Waals surface area contributed by atoms with E-state index in [1.807, 2.05) is 25.1 Å². The summed E-state index contributed by atoms with van der Waals surface area (Å²) < 4.78 is 32.5. The van der Waals surface area contributed by atoms with Crippen LogP contribution in [0.5, 0.6) is 34.5 Å². The fraction of sp³-hybridized carbons (Fsp3) is 0.435. The van der Waals surface area contributed by atoms with E-state index in [0.717, 1.165) is 11.1 Å². The van der Waals surface area contributed by atoms with Gasteiger partial charge in [0.05, 0.1) is 49.2 Å². The van der Waals surface area contributed by atoms with Gasteiger partial charge in [-0.2, -0.15) is 0 Å². The van der Waals surface area contributed by atoms with Gasteiger partial charge in [0, 0.05) is 24.7 Å². The highest BCUT2D eigenvalue weighted by Crippen LogP contribution is 2.38. The Balaban J connectivity index is 2.23. The van der Waals surface area contributed by atoms with Crippen molar-refractivity contribution in [3.8, 4) is 34.5 Å². The highest BCUT2D eigenvalue weighted by molar-refractivity contribution is 5.79. The van der Waals surface area contributed by atoms with E-state index >= 15 is 0 Å². The molecule has 9 nitrogen and oxygen atoms in total. The third-order valence-corrected chi connectivity index (χ3v) is 4.72. The highest BCUT2D eigenvalue weighted by atomic mass is 16.5. The molecule has 0 aliphatic carbocycles. The van der Waals surface area contributed by atoms with E-state index in [1.165, 1.54) is 0 Å². The summed E-state index contributed by atoms with van der Waals surface area (Å²) in [4.78, 5) is 4.68. The van der Waals surface area contributed by atoms with Crippen molar-refractivity contribution >= 4 is 5.96 Å². The summed E-state index contributed by atoms with van der Waals surface area (Å²) in [5, 5.41) is 6.57. The lowest BCUT2D eigenvalue weighted by Crippen LogP contribution is -2.36. The number of guanidine groups is 1. The second kappa shape index (κ2) is 12.4. The first-order chi connectivity index (χ1) is 15.5. The minimum absolute atomic E-state index is 0.412. The van der Waals surface area contributed by atoms with Gasteiger partial charge in [0.1, 0.15) is 5.75 Å². The van der Waals surface area contributed by atoms with Crippen molar-refractivity contribution in [2.24, 2.45) is 4.99 Å². The molecule has 0 unspecified atom stereocenters. The summed E-state index contributed by atoms with van der Waals surface area (Å²) in [6.45, 7) is 3.61. The predicted molar refractivity (Wildman–Crippen MR) is 124 cm³/mol. The van der Waals surface area contributed by atoms with Crippen molar-refractivity contribution in [2.45, 2.75) is 20.0 Å². The van der Waals surface area contributed by atoms with E-state index in [2.05, 4.69) is 15.6 Å². The molecule has 0 amide bonds. The first-order valence-electron chi connectivity index (χ1n) is 10.1. The summed E-state index contributed by atoms with van der Waals surface area (Å²) in [5.41, 5.74) is 1.82. The molecule has 0 aliphatic rings. The Labute approximate surface area is 189 Å². The number of benzene rings is 2. The zero-order chi connectivity index (χ0) is 23.5. The normalized spacial score (nSPS) is 10.9. The number of nitrogens with one attached hydrogen (secondary N) is 2. The molecule has 0 heterocycles. The number of rotatable bonds is 11. The van der Waals surface area contributed by atoms with Gasteiger partial charge in [0.15, 0.2) is 29.0 Å². The molecular weight excluding hydrogens is 414 g/mol. The number of hydrogen-bond donors (Lipinski definition) is 2. The van der Waals surface area contributed by atoms with Crippen LogP contribution in [0.15, 0.2) is 29.3 Å². The van der Waals surface area contributed by atoms with Crippen molar-refractivity contribution in [1.82, 2.24) is 10.6 Å². The molecule has 0 radical (unpaired) electrons. The predicted octanol–water partition coefficient (Wildman–Crippen LogP) is 2.99.